The molecular weight excluding hydrogens is 653 g/mol. The average Bonchev–Trinajstić information content (AvgIpc) is 3.93. The molecule has 8 aromatic carbocycles. The third-order valence-corrected chi connectivity index (χ3v) is 12.1. The molecule has 0 aliphatic rings. The summed E-state index contributed by atoms with van der Waals surface area (Å²) in [6.45, 7) is 0. The Balaban J connectivity index is 1.14. The van der Waals surface area contributed by atoms with Gasteiger partial charge in [0.05, 0.1) is 27.8 Å². The van der Waals surface area contributed by atoms with E-state index in [4.69, 9.17) is 4.42 Å². The first kappa shape index (κ1) is 28.1. The summed E-state index contributed by atoms with van der Waals surface area (Å²) in [6, 6.07) is 61.6. The molecule has 4 heterocycles. The molecule has 242 valence electrons. The highest BCUT2D eigenvalue weighted by Crippen LogP contribution is 2.46. The van der Waals surface area contributed by atoms with Gasteiger partial charge in [-0.2, -0.15) is 0 Å². The van der Waals surface area contributed by atoms with Crippen LogP contribution in [0.15, 0.2) is 174 Å². The maximum Gasteiger partial charge on any atom is 0.213 e. The number of rotatable bonds is 3. The Kier molecular flexibility index (Phi) is 5.65. The molecule has 4 heteroatoms. The van der Waals surface area contributed by atoms with Gasteiger partial charge in [0.25, 0.3) is 0 Å². The van der Waals surface area contributed by atoms with Gasteiger partial charge >= 0.3 is 0 Å². The lowest BCUT2D eigenvalue weighted by Gasteiger charge is -2.12. The Morgan fingerprint density at radius 3 is 1.65 bits per heavy atom. The molecule has 0 spiro atoms. The van der Waals surface area contributed by atoms with Crippen LogP contribution in [0.5, 0.6) is 0 Å². The third-order valence-electron chi connectivity index (χ3n) is 10.9. The molecule has 0 N–H and O–H groups in total. The number of para-hydroxylation sites is 1. The second kappa shape index (κ2) is 10.5. The van der Waals surface area contributed by atoms with Crippen LogP contribution in [-0.4, -0.2) is 9.13 Å². The molecule has 0 bridgehead atoms. The highest BCUT2D eigenvalue weighted by atomic mass is 32.1. The minimum absolute atomic E-state index is 0.874. The van der Waals surface area contributed by atoms with Gasteiger partial charge in [-0.05, 0) is 70.4 Å². The summed E-state index contributed by atoms with van der Waals surface area (Å²) >= 11 is 1.88. The molecule has 0 aliphatic carbocycles. The largest absolute Gasteiger partial charge is 0.439 e. The highest BCUT2D eigenvalue weighted by molar-refractivity contribution is 7.25. The molecule has 12 rings (SSSR count). The predicted molar refractivity (Wildman–Crippen MR) is 221 cm³/mol. The Bertz CT molecular complexity index is 3190. The summed E-state index contributed by atoms with van der Waals surface area (Å²) in [6.07, 6.45) is 0. The van der Waals surface area contributed by atoms with E-state index in [1.54, 1.807) is 0 Å². The van der Waals surface area contributed by atoms with E-state index in [1.807, 2.05) is 11.3 Å². The summed E-state index contributed by atoms with van der Waals surface area (Å²) in [5.74, 6) is 0. The second-order valence-electron chi connectivity index (χ2n) is 13.7. The van der Waals surface area contributed by atoms with Crippen LogP contribution in [0.4, 0.5) is 0 Å². The standard InChI is InChI=1S/C48H28N2OS/c1-3-15-33-29(11-1)13-9-19-39(33)49-41-25-23-31(27-37(41)45-35-17-5-7-21-43(35)51-47(45)49)32-24-26-42-38(28-32)46-36-18-6-8-22-44(36)52-48(46)50(42)40-20-10-14-30-12-2-4-16-34(30)40/h1-28H. The quantitative estimate of drug-likeness (QED) is 0.182. The van der Waals surface area contributed by atoms with Gasteiger partial charge in [0.1, 0.15) is 10.4 Å². The van der Waals surface area contributed by atoms with Crippen molar-refractivity contribution in [2.45, 2.75) is 0 Å². The van der Waals surface area contributed by atoms with E-state index in [9.17, 15) is 0 Å². The fourth-order valence-corrected chi connectivity index (χ4v) is 9.87. The lowest BCUT2D eigenvalue weighted by Crippen LogP contribution is -1.95. The highest BCUT2D eigenvalue weighted by Gasteiger charge is 2.22. The van der Waals surface area contributed by atoms with Crippen molar-refractivity contribution in [1.82, 2.24) is 9.13 Å². The van der Waals surface area contributed by atoms with Gasteiger partial charge in [-0.3, -0.25) is 4.57 Å². The van der Waals surface area contributed by atoms with E-state index in [1.165, 1.54) is 75.0 Å². The second-order valence-corrected chi connectivity index (χ2v) is 14.7. The molecule has 0 unspecified atom stereocenters. The molecule has 0 saturated heterocycles. The lowest BCUT2D eigenvalue weighted by atomic mass is 10.00. The van der Waals surface area contributed by atoms with Crippen molar-refractivity contribution >= 4 is 97.1 Å². The van der Waals surface area contributed by atoms with Crippen LogP contribution in [0.2, 0.25) is 0 Å². The van der Waals surface area contributed by atoms with Gasteiger partial charge in [-0.25, -0.2) is 0 Å². The van der Waals surface area contributed by atoms with E-state index in [0.29, 0.717) is 0 Å². The van der Waals surface area contributed by atoms with Crippen molar-refractivity contribution in [2.24, 2.45) is 0 Å². The maximum absolute atomic E-state index is 6.69. The van der Waals surface area contributed by atoms with Crippen molar-refractivity contribution in [3.05, 3.63) is 170 Å². The summed E-state index contributed by atoms with van der Waals surface area (Å²) in [5.41, 5.74) is 8.83. The summed E-state index contributed by atoms with van der Waals surface area (Å²) in [5, 5.41) is 12.3. The van der Waals surface area contributed by atoms with Crippen molar-refractivity contribution in [3.8, 4) is 22.5 Å². The minimum atomic E-state index is 0.874. The van der Waals surface area contributed by atoms with Gasteiger partial charge < -0.3 is 8.98 Å². The van der Waals surface area contributed by atoms with E-state index in [-0.39, 0.29) is 0 Å². The molecule has 12 aromatic rings. The van der Waals surface area contributed by atoms with Gasteiger partial charge in [0.15, 0.2) is 0 Å². The summed E-state index contributed by atoms with van der Waals surface area (Å²) in [7, 11) is 0. The van der Waals surface area contributed by atoms with Gasteiger partial charge in [-0.15, -0.1) is 11.3 Å². The van der Waals surface area contributed by atoms with Crippen LogP contribution < -0.4 is 0 Å². The summed E-state index contributed by atoms with van der Waals surface area (Å²) < 4.78 is 12.8. The molecule has 0 amide bonds. The number of aromatic nitrogens is 2. The maximum atomic E-state index is 6.69. The number of hydrogen-bond acceptors (Lipinski definition) is 2. The number of nitrogens with zero attached hydrogens (tertiary/aromatic N) is 2. The van der Waals surface area contributed by atoms with Crippen molar-refractivity contribution in [3.63, 3.8) is 0 Å². The Morgan fingerprint density at radius 1 is 0.404 bits per heavy atom. The number of thiophene rings is 1. The molecule has 3 nitrogen and oxygen atoms in total. The van der Waals surface area contributed by atoms with Crippen LogP contribution >= 0.6 is 11.3 Å². The molecule has 4 aromatic heterocycles. The van der Waals surface area contributed by atoms with Crippen molar-refractivity contribution in [2.75, 3.05) is 0 Å². The van der Waals surface area contributed by atoms with Gasteiger partial charge in [0, 0.05) is 42.4 Å². The monoisotopic (exact) mass is 680 g/mol. The number of hydrogen-bond donors (Lipinski definition) is 0. The fraction of sp³-hybridized carbons (Fsp3) is 0. The SMILES string of the molecule is c1ccc2c(-n3c4ccc(-c5ccc6c(c5)c5c7ccccc7sc5n6-c5cccc6ccccc56)cc4c4c5ccccc5oc43)cccc2c1. The first-order valence-corrected chi connectivity index (χ1v) is 18.5. The first-order chi connectivity index (χ1) is 25.8. The van der Waals surface area contributed by atoms with E-state index < -0.39 is 0 Å². The number of fused-ring (bicyclic) bond motifs is 12. The molecular formula is C48H28N2OS. The summed E-state index contributed by atoms with van der Waals surface area (Å²) in [4.78, 5) is 1.28. The van der Waals surface area contributed by atoms with E-state index >= 15 is 0 Å². The van der Waals surface area contributed by atoms with E-state index in [0.717, 1.165) is 33.3 Å². The van der Waals surface area contributed by atoms with Crippen LogP contribution in [0.1, 0.15) is 0 Å². The molecule has 0 aliphatic heterocycles. The first-order valence-electron chi connectivity index (χ1n) is 17.7. The predicted octanol–water partition coefficient (Wildman–Crippen LogP) is 13.8. The molecule has 52 heavy (non-hydrogen) atoms. The molecule has 0 saturated carbocycles. The van der Waals surface area contributed by atoms with Crippen molar-refractivity contribution < 1.29 is 4.42 Å². The van der Waals surface area contributed by atoms with E-state index in [2.05, 4.69) is 179 Å². The zero-order valence-corrected chi connectivity index (χ0v) is 28.7. The number of furan rings is 1. The Labute approximate surface area is 301 Å². The van der Waals surface area contributed by atoms with Gasteiger partial charge in [-0.1, -0.05) is 121 Å². The zero-order valence-electron chi connectivity index (χ0n) is 27.9. The normalized spacial score (nSPS) is 12.2. The molecule has 0 atom stereocenters. The molecule has 0 fully saturated rings. The Hall–Kier alpha value is -6.62. The van der Waals surface area contributed by atoms with Crippen LogP contribution in [0, 0.1) is 0 Å². The van der Waals surface area contributed by atoms with Crippen LogP contribution in [-0.2, 0) is 0 Å². The topological polar surface area (TPSA) is 23.0 Å². The minimum Gasteiger partial charge on any atom is -0.439 e. The van der Waals surface area contributed by atoms with Crippen LogP contribution in [0.3, 0.4) is 0 Å². The third kappa shape index (κ3) is 3.79. The lowest BCUT2D eigenvalue weighted by molar-refractivity contribution is 0.646. The molecule has 0 radical (unpaired) electrons. The zero-order chi connectivity index (χ0) is 33.9. The smallest absolute Gasteiger partial charge is 0.213 e. The number of benzene rings is 8. The van der Waals surface area contributed by atoms with Crippen molar-refractivity contribution in [1.29, 1.82) is 0 Å². The fourth-order valence-electron chi connectivity index (χ4n) is 8.63. The Morgan fingerprint density at radius 2 is 0.942 bits per heavy atom. The van der Waals surface area contributed by atoms with Crippen LogP contribution in [0.25, 0.3) is 108 Å². The average molecular weight is 681 g/mol. The van der Waals surface area contributed by atoms with Gasteiger partial charge in [0.2, 0.25) is 5.71 Å².